The van der Waals surface area contributed by atoms with Gasteiger partial charge in [-0.1, -0.05) is 30.0 Å². The SMILES string of the molecule is CCSCCSc1nnc(N)s1. The van der Waals surface area contributed by atoms with Crippen LogP contribution in [0.25, 0.3) is 0 Å². The zero-order chi connectivity index (χ0) is 8.81. The summed E-state index contributed by atoms with van der Waals surface area (Å²) < 4.78 is 0.976. The fraction of sp³-hybridized carbons (Fsp3) is 0.667. The molecule has 0 saturated carbocycles. The minimum atomic E-state index is 0.556. The second-order valence-corrected chi connectivity index (χ2v) is 5.70. The Morgan fingerprint density at radius 2 is 2.25 bits per heavy atom. The number of anilines is 1. The Labute approximate surface area is 84.5 Å². The van der Waals surface area contributed by atoms with Gasteiger partial charge in [-0.25, -0.2) is 0 Å². The lowest BCUT2D eigenvalue weighted by Gasteiger charge is -1.94. The quantitative estimate of drug-likeness (QED) is 0.608. The molecule has 0 atom stereocenters. The van der Waals surface area contributed by atoms with Crippen LogP contribution in [0.15, 0.2) is 4.34 Å². The Bertz CT molecular complexity index is 226. The van der Waals surface area contributed by atoms with Crippen LogP contribution in [0, 0.1) is 0 Å². The van der Waals surface area contributed by atoms with Gasteiger partial charge in [0.05, 0.1) is 0 Å². The van der Waals surface area contributed by atoms with Gasteiger partial charge in [0.25, 0.3) is 0 Å². The fourth-order valence-corrected chi connectivity index (χ4v) is 3.06. The third-order valence-electron chi connectivity index (χ3n) is 1.08. The van der Waals surface area contributed by atoms with Crippen LogP contribution in [0.4, 0.5) is 5.13 Å². The summed E-state index contributed by atoms with van der Waals surface area (Å²) in [6, 6.07) is 0. The fourth-order valence-electron chi connectivity index (χ4n) is 0.611. The van der Waals surface area contributed by atoms with E-state index >= 15 is 0 Å². The second kappa shape index (κ2) is 5.66. The number of nitrogens with two attached hydrogens (primary N) is 1. The highest BCUT2D eigenvalue weighted by atomic mass is 32.2. The van der Waals surface area contributed by atoms with Crippen LogP contribution in [0.2, 0.25) is 0 Å². The zero-order valence-electron chi connectivity index (χ0n) is 6.82. The first-order chi connectivity index (χ1) is 5.83. The average Bonchev–Trinajstić information content (AvgIpc) is 2.45. The van der Waals surface area contributed by atoms with Gasteiger partial charge in [0.1, 0.15) is 0 Å². The van der Waals surface area contributed by atoms with Crippen molar-refractivity contribution in [2.45, 2.75) is 11.3 Å². The van der Waals surface area contributed by atoms with Crippen LogP contribution in [0.3, 0.4) is 0 Å². The van der Waals surface area contributed by atoms with E-state index in [4.69, 9.17) is 5.73 Å². The molecular formula is C6H11N3S3. The van der Waals surface area contributed by atoms with Gasteiger partial charge in [-0.3, -0.25) is 0 Å². The van der Waals surface area contributed by atoms with Crippen molar-refractivity contribution < 1.29 is 0 Å². The van der Waals surface area contributed by atoms with E-state index in [0.29, 0.717) is 5.13 Å². The Balaban J connectivity index is 2.15. The second-order valence-electron chi connectivity index (χ2n) is 1.95. The molecule has 0 aromatic carbocycles. The number of hydrogen-bond donors (Lipinski definition) is 1. The van der Waals surface area contributed by atoms with Crippen molar-refractivity contribution in [1.29, 1.82) is 0 Å². The summed E-state index contributed by atoms with van der Waals surface area (Å²) in [6.45, 7) is 2.16. The van der Waals surface area contributed by atoms with E-state index in [2.05, 4.69) is 17.1 Å². The highest BCUT2D eigenvalue weighted by Crippen LogP contribution is 2.23. The summed E-state index contributed by atoms with van der Waals surface area (Å²) in [7, 11) is 0. The van der Waals surface area contributed by atoms with E-state index < -0.39 is 0 Å². The maximum absolute atomic E-state index is 5.44. The van der Waals surface area contributed by atoms with Crippen molar-refractivity contribution in [2.75, 3.05) is 23.0 Å². The highest BCUT2D eigenvalue weighted by Gasteiger charge is 2.00. The van der Waals surface area contributed by atoms with Crippen LogP contribution < -0.4 is 5.73 Å². The summed E-state index contributed by atoms with van der Waals surface area (Å²) in [5.74, 6) is 3.44. The van der Waals surface area contributed by atoms with E-state index in [1.807, 2.05) is 11.8 Å². The Morgan fingerprint density at radius 3 is 2.83 bits per heavy atom. The summed E-state index contributed by atoms with van der Waals surface area (Å²) in [5.41, 5.74) is 5.44. The standard InChI is InChI=1S/C6H11N3S3/c1-2-10-3-4-11-6-9-8-5(7)12-6/h2-4H2,1H3,(H2,7,8). The van der Waals surface area contributed by atoms with Gasteiger partial charge >= 0.3 is 0 Å². The normalized spacial score (nSPS) is 10.4. The summed E-state index contributed by atoms with van der Waals surface area (Å²) in [6.07, 6.45) is 0. The smallest absolute Gasteiger partial charge is 0.203 e. The van der Waals surface area contributed by atoms with Crippen LogP contribution in [-0.4, -0.2) is 27.5 Å². The first-order valence-electron chi connectivity index (χ1n) is 3.62. The Morgan fingerprint density at radius 1 is 1.42 bits per heavy atom. The van der Waals surface area contributed by atoms with E-state index in [9.17, 15) is 0 Å². The molecule has 0 fully saturated rings. The lowest BCUT2D eigenvalue weighted by atomic mass is 10.9. The first-order valence-corrected chi connectivity index (χ1v) is 6.58. The molecule has 1 aromatic rings. The molecule has 0 radical (unpaired) electrons. The molecule has 0 spiro atoms. The van der Waals surface area contributed by atoms with Crippen LogP contribution >= 0.6 is 34.9 Å². The van der Waals surface area contributed by atoms with E-state index in [0.717, 1.165) is 10.1 Å². The number of aromatic nitrogens is 2. The van der Waals surface area contributed by atoms with Gasteiger partial charge in [0, 0.05) is 11.5 Å². The van der Waals surface area contributed by atoms with Crippen molar-refractivity contribution in [2.24, 2.45) is 0 Å². The van der Waals surface area contributed by atoms with Gasteiger partial charge in [0.2, 0.25) is 5.13 Å². The molecule has 0 unspecified atom stereocenters. The summed E-state index contributed by atoms with van der Waals surface area (Å²) in [4.78, 5) is 0. The lowest BCUT2D eigenvalue weighted by molar-refractivity contribution is 1.02. The third kappa shape index (κ3) is 3.64. The molecule has 0 aliphatic carbocycles. The van der Waals surface area contributed by atoms with E-state index in [-0.39, 0.29) is 0 Å². The van der Waals surface area contributed by atoms with Crippen molar-refractivity contribution in [3.05, 3.63) is 0 Å². The number of rotatable bonds is 5. The van der Waals surface area contributed by atoms with Crippen LogP contribution in [0.5, 0.6) is 0 Å². The molecular weight excluding hydrogens is 210 g/mol. The number of thioether (sulfide) groups is 2. The predicted octanol–water partition coefficient (Wildman–Crippen LogP) is 1.97. The number of hydrogen-bond acceptors (Lipinski definition) is 6. The van der Waals surface area contributed by atoms with Crippen LogP contribution in [0.1, 0.15) is 6.92 Å². The molecule has 1 rings (SSSR count). The largest absolute Gasteiger partial charge is 0.374 e. The minimum Gasteiger partial charge on any atom is -0.374 e. The van der Waals surface area contributed by atoms with E-state index in [1.165, 1.54) is 22.8 Å². The van der Waals surface area contributed by atoms with Crippen molar-refractivity contribution in [1.82, 2.24) is 10.2 Å². The van der Waals surface area contributed by atoms with Crippen molar-refractivity contribution in [3.8, 4) is 0 Å². The van der Waals surface area contributed by atoms with E-state index in [1.54, 1.807) is 11.8 Å². The van der Waals surface area contributed by atoms with Crippen LogP contribution in [-0.2, 0) is 0 Å². The summed E-state index contributed by atoms with van der Waals surface area (Å²) >= 11 is 5.12. The molecule has 0 bridgehead atoms. The topological polar surface area (TPSA) is 51.8 Å². The molecule has 68 valence electrons. The lowest BCUT2D eigenvalue weighted by Crippen LogP contribution is -1.83. The summed E-state index contributed by atoms with van der Waals surface area (Å²) in [5, 5.41) is 8.20. The van der Waals surface area contributed by atoms with Crippen molar-refractivity contribution in [3.63, 3.8) is 0 Å². The molecule has 2 N–H and O–H groups in total. The molecule has 12 heavy (non-hydrogen) atoms. The zero-order valence-corrected chi connectivity index (χ0v) is 9.27. The first kappa shape index (κ1) is 10.1. The Hall–Kier alpha value is 0.0600. The number of nitrogens with zero attached hydrogens (tertiary/aromatic N) is 2. The monoisotopic (exact) mass is 221 g/mol. The molecule has 0 amide bonds. The minimum absolute atomic E-state index is 0.556. The van der Waals surface area contributed by atoms with Gasteiger partial charge in [0.15, 0.2) is 4.34 Å². The molecule has 3 nitrogen and oxygen atoms in total. The Kier molecular flexibility index (Phi) is 4.79. The molecule has 6 heteroatoms. The van der Waals surface area contributed by atoms with Gasteiger partial charge < -0.3 is 5.73 Å². The highest BCUT2D eigenvalue weighted by molar-refractivity contribution is 8.03. The third-order valence-corrected chi connectivity index (χ3v) is 4.13. The molecule has 1 heterocycles. The maximum Gasteiger partial charge on any atom is 0.203 e. The number of nitrogen functional groups attached to an aromatic ring is 1. The van der Waals surface area contributed by atoms with Crippen molar-refractivity contribution >= 4 is 40.0 Å². The average molecular weight is 221 g/mol. The van der Waals surface area contributed by atoms with Gasteiger partial charge in [-0.2, -0.15) is 11.8 Å². The molecule has 1 aromatic heterocycles. The molecule has 0 saturated heterocycles. The van der Waals surface area contributed by atoms with Gasteiger partial charge in [-0.15, -0.1) is 10.2 Å². The predicted molar refractivity (Wildman–Crippen MR) is 58.0 cm³/mol. The molecule has 0 aliphatic rings. The van der Waals surface area contributed by atoms with Gasteiger partial charge in [-0.05, 0) is 5.75 Å². The maximum atomic E-state index is 5.44. The molecule has 0 aliphatic heterocycles.